The van der Waals surface area contributed by atoms with Gasteiger partial charge in [0.1, 0.15) is 6.29 Å². The van der Waals surface area contributed by atoms with Gasteiger partial charge in [-0.3, -0.25) is 0 Å². The van der Waals surface area contributed by atoms with Crippen LogP contribution in [0.15, 0.2) is 22.7 Å². The number of hydrogen-bond acceptors (Lipinski definition) is 2. The summed E-state index contributed by atoms with van der Waals surface area (Å²) in [5, 5.41) is 3.18. The molecule has 0 saturated carbocycles. The highest BCUT2D eigenvalue weighted by atomic mass is 79.9. The van der Waals surface area contributed by atoms with Gasteiger partial charge >= 0.3 is 0 Å². The summed E-state index contributed by atoms with van der Waals surface area (Å²) in [5.41, 5.74) is 2.16. The maximum absolute atomic E-state index is 10.7. The average Bonchev–Trinajstić information content (AvgIpc) is 2.49. The Bertz CT molecular complexity index is 324. The van der Waals surface area contributed by atoms with Crippen LogP contribution in [0.1, 0.15) is 11.5 Å². The van der Waals surface area contributed by atoms with Crippen molar-refractivity contribution in [3.63, 3.8) is 0 Å². The first-order chi connectivity index (χ1) is 5.83. The van der Waals surface area contributed by atoms with E-state index in [2.05, 4.69) is 21.2 Å². The second kappa shape index (κ2) is 2.90. The average molecular weight is 226 g/mol. The lowest BCUT2D eigenvalue weighted by molar-refractivity contribution is -0.108. The van der Waals surface area contributed by atoms with Gasteiger partial charge in [-0.25, -0.2) is 0 Å². The van der Waals surface area contributed by atoms with Crippen LogP contribution in [-0.4, -0.2) is 12.8 Å². The molecule has 0 aliphatic carbocycles. The van der Waals surface area contributed by atoms with Gasteiger partial charge in [-0.05, 0) is 12.1 Å². The molecule has 1 aliphatic heterocycles. The number of benzene rings is 1. The van der Waals surface area contributed by atoms with Crippen molar-refractivity contribution in [1.29, 1.82) is 0 Å². The largest absolute Gasteiger partial charge is 0.384 e. The molecule has 2 nitrogen and oxygen atoms in total. The fourth-order valence-corrected chi connectivity index (χ4v) is 2.17. The molecule has 1 N–H and O–H groups in total. The number of rotatable bonds is 1. The van der Waals surface area contributed by atoms with Crippen LogP contribution < -0.4 is 5.32 Å². The van der Waals surface area contributed by atoms with Crippen molar-refractivity contribution in [3.05, 3.63) is 28.2 Å². The molecule has 0 saturated heterocycles. The standard InChI is InChI=1S/C9H8BrNO/c10-7-2-1-3-8-9(7)6(5-12)4-11-8/h1-3,5-6,11H,4H2. The third kappa shape index (κ3) is 1.05. The van der Waals surface area contributed by atoms with Gasteiger partial charge in [0.25, 0.3) is 0 Å². The number of nitrogens with one attached hydrogen (secondary N) is 1. The minimum absolute atomic E-state index is 0.00979. The third-order valence-electron chi connectivity index (χ3n) is 2.10. The van der Waals surface area contributed by atoms with Gasteiger partial charge in [0, 0.05) is 22.3 Å². The zero-order valence-corrected chi connectivity index (χ0v) is 7.97. The highest BCUT2D eigenvalue weighted by molar-refractivity contribution is 9.10. The molecule has 1 aliphatic rings. The molecule has 2 rings (SSSR count). The topological polar surface area (TPSA) is 29.1 Å². The van der Waals surface area contributed by atoms with Crippen molar-refractivity contribution in [1.82, 2.24) is 0 Å². The summed E-state index contributed by atoms with van der Waals surface area (Å²) in [5.74, 6) is 0.00979. The van der Waals surface area contributed by atoms with Gasteiger partial charge in [0.15, 0.2) is 0 Å². The van der Waals surface area contributed by atoms with Gasteiger partial charge < -0.3 is 10.1 Å². The van der Waals surface area contributed by atoms with E-state index in [-0.39, 0.29) is 5.92 Å². The Labute approximate surface area is 79.1 Å². The smallest absolute Gasteiger partial charge is 0.129 e. The Morgan fingerprint density at radius 2 is 2.42 bits per heavy atom. The molecule has 0 spiro atoms. The van der Waals surface area contributed by atoms with E-state index in [0.717, 1.165) is 28.6 Å². The Balaban J connectivity index is 2.55. The summed E-state index contributed by atoms with van der Waals surface area (Å²) in [6.45, 7) is 0.724. The van der Waals surface area contributed by atoms with Gasteiger partial charge in [0.2, 0.25) is 0 Å². The lowest BCUT2D eigenvalue weighted by atomic mass is 10.0. The summed E-state index contributed by atoms with van der Waals surface area (Å²) in [7, 11) is 0. The molecule has 0 fully saturated rings. The molecule has 0 aromatic heterocycles. The van der Waals surface area contributed by atoms with Crippen LogP contribution in [0.4, 0.5) is 5.69 Å². The van der Waals surface area contributed by atoms with Crippen LogP contribution in [0, 0.1) is 0 Å². The van der Waals surface area contributed by atoms with Crippen molar-refractivity contribution in [3.8, 4) is 0 Å². The molecule has 3 heteroatoms. The minimum atomic E-state index is 0.00979. The molecule has 0 bridgehead atoms. The second-order valence-corrected chi connectivity index (χ2v) is 3.68. The fraction of sp³-hybridized carbons (Fsp3) is 0.222. The fourth-order valence-electron chi connectivity index (χ4n) is 1.51. The molecular formula is C9H8BrNO. The molecule has 62 valence electrons. The Hall–Kier alpha value is -0.830. The van der Waals surface area contributed by atoms with Gasteiger partial charge in [-0.15, -0.1) is 0 Å². The predicted molar refractivity (Wildman–Crippen MR) is 51.4 cm³/mol. The molecule has 1 heterocycles. The van der Waals surface area contributed by atoms with E-state index < -0.39 is 0 Å². The maximum atomic E-state index is 10.7. The third-order valence-corrected chi connectivity index (χ3v) is 2.79. The van der Waals surface area contributed by atoms with E-state index in [0.29, 0.717) is 0 Å². The van der Waals surface area contributed by atoms with Crippen LogP contribution in [-0.2, 0) is 4.79 Å². The first kappa shape index (κ1) is 7.80. The Kier molecular flexibility index (Phi) is 1.89. The molecular weight excluding hydrogens is 218 g/mol. The van der Waals surface area contributed by atoms with Crippen LogP contribution >= 0.6 is 15.9 Å². The second-order valence-electron chi connectivity index (χ2n) is 2.82. The molecule has 0 radical (unpaired) electrons. The summed E-state index contributed by atoms with van der Waals surface area (Å²) in [6.07, 6.45) is 0.990. The molecule has 1 aromatic rings. The molecule has 0 amide bonds. The number of anilines is 1. The van der Waals surface area contributed by atoms with E-state index in [4.69, 9.17) is 0 Å². The number of carbonyl (C=O) groups excluding carboxylic acids is 1. The van der Waals surface area contributed by atoms with Crippen molar-refractivity contribution in [2.75, 3.05) is 11.9 Å². The van der Waals surface area contributed by atoms with Crippen LogP contribution in [0.5, 0.6) is 0 Å². The zero-order valence-electron chi connectivity index (χ0n) is 6.38. The maximum Gasteiger partial charge on any atom is 0.129 e. The number of hydrogen-bond donors (Lipinski definition) is 1. The van der Waals surface area contributed by atoms with Gasteiger partial charge in [-0.1, -0.05) is 22.0 Å². The highest BCUT2D eigenvalue weighted by Crippen LogP contribution is 2.35. The minimum Gasteiger partial charge on any atom is -0.384 e. The SMILES string of the molecule is O=CC1CNc2cccc(Br)c21. The number of carbonyl (C=O) groups is 1. The van der Waals surface area contributed by atoms with Crippen molar-refractivity contribution in [2.24, 2.45) is 0 Å². The van der Waals surface area contributed by atoms with E-state index in [1.54, 1.807) is 0 Å². The lowest BCUT2D eigenvalue weighted by Crippen LogP contribution is -2.02. The van der Waals surface area contributed by atoms with E-state index in [1.165, 1.54) is 0 Å². The summed E-state index contributed by atoms with van der Waals surface area (Å²) in [4.78, 5) is 10.7. The Morgan fingerprint density at radius 1 is 1.58 bits per heavy atom. The first-order valence-corrected chi connectivity index (χ1v) is 4.60. The van der Waals surface area contributed by atoms with Gasteiger partial charge in [-0.2, -0.15) is 0 Å². The van der Waals surface area contributed by atoms with Crippen molar-refractivity contribution >= 4 is 27.9 Å². The lowest BCUT2D eigenvalue weighted by Gasteiger charge is -2.03. The van der Waals surface area contributed by atoms with E-state index in [1.807, 2.05) is 18.2 Å². The Morgan fingerprint density at radius 3 is 3.17 bits per heavy atom. The highest BCUT2D eigenvalue weighted by Gasteiger charge is 2.23. The number of halogens is 1. The number of aldehydes is 1. The zero-order chi connectivity index (χ0) is 8.55. The van der Waals surface area contributed by atoms with E-state index >= 15 is 0 Å². The summed E-state index contributed by atoms with van der Waals surface area (Å²) >= 11 is 3.43. The quantitative estimate of drug-likeness (QED) is 0.743. The molecule has 12 heavy (non-hydrogen) atoms. The summed E-state index contributed by atoms with van der Waals surface area (Å²) < 4.78 is 1.02. The normalized spacial score (nSPS) is 19.9. The van der Waals surface area contributed by atoms with Crippen LogP contribution in [0.2, 0.25) is 0 Å². The molecule has 1 aromatic carbocycles. The first-order valence-electron chi connectivity index (χ1n) is 3.80. The van der Waals surface area contributed by atoms with Crippen molar-refractivity contribution in [2.45, 2.75) is 5.92 Å². The molecule has 1 atom stereocenters. The van der Waals surface area contributed by atoms with Crippen LogP contribution in [0.3, 0.4) is 0 Å². The van der Waals surface area contributed by atoms with E-state index in [9.17, 15) is 4.79 Å². The van der Waals surface area contributed by atoms with Crippen molar-refractivity contribution < 1.29 is 4.79 Å². The predicted octanol–water partition coefficient (Wildman–Crippen LogP) is 2.16. The monoisotopic (exact) mass is 225 g/mol. The van der Waals surface area contributed by atoms with Gasteiger partial charge in [0.05, 0.1) is 5.92 Å². The van der Waals surface area contributed by atoms with Crippen LogP contribution in [0.25, 0.3) is 0 Å². The molecule has 1 unspecified atom stereocenters. The summed E-state index contributed by atoms with van der Waals surface area (Å²) in [6, 6.07) is 5.91. The number of fused-ring (bicyclic) bond motifs is 1.